The predicted molar refractivity (Wildman–Crippen MR) is 92.3 cm³/mol. The minimum atomic E-state index is -0.435. The number of carbonyl (C=O) groups excluding carboxylic acids is 2. The molecule has 2 amide bonds. The van der Waals surface area contributed by atoms with Crippen LogP contribution in [0, 0.1) is 5.92 Å². The van der Waals surface area contributed by atoms with E-state index in [4.69, 9.17) is 4.42 Å². The second kappa shape index (κ2) is 7.90. The maximum Gasteiger partial charge on any atom is 0.291 e. The lowest BCUT2D eigenvalue weighted by atomic mass is 10.1. The van der Waals surface area contributed by atoms with Crippen LogP contribution in [-0.4, -0.2) is 39.9 Å². The smallest absolute Gasteiger partial charge is 0.291 e. The molecule has 0 aromatic carbocycles. The molecule has 1 saturated heterocycles. The van der Waals surface area contributed by atoms with Crippen LogP contribution in [0.15, 0.2) is 22.8 Å². The van der Waals surface area contributed by atoms with Gasteiger partial charge >= 0.3 is 0 Å². The number of rotatable bonds is 6. The highest BCUT2D eigenvalue weighted by Crippen LogP contribution is 2.33. The average Bonchev–Trinajstić information content (AvgIpc) is 3.16. The summed E-state index contributed by atoms with van der Waals surface area (Å²) in [4.78, 5) is 27.1. The first-order chi connectivity index (χ1) is 11.0. The lowest BCUT2D eigenvalue weighted by Gasteiger charge is -2.29. The fourth-order valence-corrected chi connectivity index (χ4v) is 4.04. The highest BCUT2D eigenvalue weighted by molar-refractivity contribution is 8.00. The van der Waals surface area contributed by atoms with Crippen LogP contribution in [0.4, 0.5) is 0 Å². The van der Waals surface area contributed by atoms with E-state index in [1.54, 1.807) is 28.8 Å². The van der Waals surface area contributed by atoms with Gasteiger partial charge in [-0.25, -0.2) is 0 Å². The molecule has 1 aliphatic heterocycles. The zero-order valence-corrected chi connectivity index (χ0v) is 15.1. The van der Waals surface area contributed by atoms with Crippen molar-refractivity contribution in [1.29, 1.82) is 0 Å². The maximum atomic E-state index is 12.8. The molecule has 0 aliphatic carbocycles. The zero-order chi connectivity index (χ0) is 17.0. The van der Waals surface area contributed by atoms with Gasteiger partial charge < -0.3 is 14.6 Å². The number of hydrogen-bond acceptors (Lipinski definition) is 4. The standard InChI is InChI=1S/C17H26N2O3S/c1-5-7-15-19(17(21)14-8-6-9-22-14)13(10-23-15)16(20)18-12(4)11(2)3/h6,8-9,11-13,15H,5,7,10H2,1-4H3,(H,18,20). The third kappa shape index (κ3) is 4.10. The van der Waals surface area contributed by atoms with Crippen LogP contribution in [0.3, 0.4) is 0 Å². The summed E-state index contributed by atoms with van der Waals surface area (Å²) in [5, 5.41) is 3.07. The predicted octanol–water partition coefficient (Wildman–Crippen LogP) is 3.12. The fourth-order valence-electron chi connectivity index (χ4n) is 2.52. The van der Waals surface area contributed by atoms with Gasteiger partial charge in [-0.05, 0) is 31.4 Å². The third-order valence-corrected chi connectivity index (χ3v) is 5.62. The fraction of sp³-hybridized carbons (Fsp3) is 0.647. The minimum absolute atomic E-state index is 0.0303. The second-order valence-electron chi connectivity index (χ2n) is 6.32. The summed E-state index contributed by atoms with van der Waals surface area (Å²) in [6.07, 6.45) is 3.33. The van der Waals surface area contributed by atoms with Crippen LogP contribution in [0.1, 0.15) is 51.1 Å². The van der Waals surface area contributed by atoms with Gasteiger partial charge in [0.15, 0.2) is 5.76 Å². The molecule has 0 spiro atoms. The van der Waals surface area contributed by atoms with E-state index in [-0.39, 0.29) is 23.2 Å². The molecule has 0 bridgehead atoms. The van der Waals surface area contributed by atoms with Crippen LogP contribution >= 0.6 is 11.8 Å². The summed E-state index contributed by atoms with van der Waals surface area (Å²) in [5.41, 5.74) is 0. The molecule has 2 heterocycles. The van der Waals surface area contributed by atoms with Crippen LogP contribution in [0.5, 0.6) is 0 Å². The molecule has 1 N–H and O–H groups in total. The number of nitrogens with one attached hydrogen (secondary N) is 1. The highest BCUT2D eigenvalue weighted by Gasteiger charge is 2.42. The van der Waals surface area contributed by atoms with E-state index < -0.39 is 6.04 Å². The van der Waals surface area contributed by atoms with Crippen molar-refractivity contribution < 1.29 is 14.0 Å². The molecule has 3 atom stereocenters. The summed E-state index contributed by atoms with van der Waals surface area (Å²) in [5.74, 6) is 1.01. The first kappa shape index (κ1) is 17.9. The first-order valence-corrected chi connectivity index (χ1v) is 9.28. The second-order valence-corrected chi connectivity index (χ2v) is 7.53. The van der Waals surface area contributed by atoms with Crippen molar-refractivity contribution in [3.05, 3.63) is 24.2 Å². The number of hydrogen-bond donors (Lipinski definition) is 1. The average molecular weight is 338 g/mol. The van der Waals surface area contributed by atoms with E-state index >= 15 is 0 Å². The van der Waals surface area contributed by atoms with E-state index in [9.17, 15) is 9.59 Å². The Morgan fingerprint density at radius 3 is 2.74 bits per heavy atom. The molecular formula is C17H26N2O3S. The Balaban J connectivity index is 2.17. The molecule has 5 nitrogen and oxygen atoms in total. The largest absolute Gasteiger partial charge is 0.459 e. The number of carbonyl (C=O) groups is 2. The Hall–Kier alpha value is -1.43. The van der Waals surface area contributed by atoms with Gasteiger partial charge in [0, 0.05) is 11.8 Å². The molecule has 128 valence electrons. The van der Waals surface area contributed by atoms with Gasteiger partial charge in [-0.15, -0.1) is 11.8 Å². The monoisotopic (exact) mass is 338 g/mol. The van der Waals surface area contributed by atoms with Crippen molar-refractivity contribution in [2.24, 2.45) is 5.92 Å². The molecule has 3 unspecified atom stereocenters. The number of nitrogens with zero attached hydrogens (tertiary/aromatic N) is 1. The first-order valence-electron chi connectivity index (χ1n) is 8.23. The quantitative estimate of drug-likeness (QED) is 0.865. The van der Waals surface area contributed by atoms with E-state index in [0.29, 0.717) is 17.4 Å². The normalized spacial score (nSPS) is 22.4. The SMILES string of the molecule is CCCC1SCC(C(=O)NC(C)C(C)C)N1C(=O)c1ccco1. The maximum absolute atomic E-state index is 12.8. The van der Waals surface area contributed by atoms with Gasteiger partial charge in [-0.1, -0.05) is 27.2 Å². The Kier molecular flexibility index (Phi) is 6.16. The molecule has 0 radical (unpaired) electrons. The van der Waals surface area contributed by atoms with E-state index in [0.717, 1.165) is 12.8 Å². The van der Waals surface area contributed by atoms with E-state index in [1.807, 2.05) is 6.92 Å². The van der Waals surface area contributed by atoms with Crippen molar-refractivity contribution in [1.82, 2.24) is 10.2 Å². The molecule has 1 aliphatic rings. The van der Waals surface area contributed by atoms with Gasteiger partial charge in [0.25, 0.3) is 5.91 Å². The summed E-state index contributed by atoms with van der Waals surface area (Å²) in [6, 6.07) is 3.00. The van der Waals surface area contributed by atoms with Crippen molar-refractivity contribution in [3.63, 3.8) is 0 Å². The van der Waals surface area contributed by atoms with E-state index in [1.165, 1.54) is 6.26 Å². The summed E-state index contributed by atoms with van der Waals surface area (Å²) in [6.45, 7) is 8.22. The van der Waals surface area contributed by atoms with Gasteiger partial charge in [-0.2, -0.15) is 0 Å². The van der Waals surface area contributed by atoms with Crippen LogP contribution in [0.25, 0.3) is 0 Å². The van der Waals surface area contributed by atoms with Crippen LogP contribution in [0.2, 0.25) is 0 Å². The lowest BCUT2D eigenvalue weighted by Crippen LogP contribution is -2.52. The van der Waals surface area contributed by atoms with Crippen molar-refractivity contribution >= 4 is 23.6 Å². The van der Waals surface area contributed by atoms with Gasteiger partial charge in [0.2, 0.25) is 5.91 Å². The lowest BCUT2D eigenvalue weighted by molar-refractivity contribution is -0.125. The van der Waals surface area contributed by atoms with Crippen LogP contribution in [-0.2, 0) is 4.79 Å². The molecule has 1 aromatic heterocycles. The molecule has 0 saturated carbocycles. The Bertz CT molecular complexity index is 530. The number of furan rings is 1. The molecule has 2 rings (SSSR count). The minimum Gasteiger partial charge on any atom is -0.459 e. The number of thioether (sulfide) groups is 1. The molecule has 23 heavy (non-hydrogen) atoms. The molecule has 1 fully saturated rings. The Morgan fingerprint density at radius 2 is 2.17 bits per heavy atom. The Morgan fingerprint density at radius 1 is 1.43 bits per heavy atom. The van der Waals surface area contributed by atoms with Crippen molar-refractivity contribution in [2.45, 2.75) is 58.0 Å². The highest BCUT2D eigenvalue weighted by atomic mass is 32.2. The zero-order valence-electron chi connectivity index (χ0n) is 14.2. The van der Waals surface area contributed by atoms with Crippen molar-refractivity contribution in [3.8, 4) is 0 Å². The molecular weight excluding hydrogens is 312 g/mol. The summed E-state index contributed by atoms with van der Waals surface area (Å²) >= 11 is 1.68. The van der Waals surface area contributed by atoms with Gasteiger partial charge in [-0.3, -0.25) is 9.59 Å². The topological polar surface area (TPSA) is 62.6 Å². The van der Waals surface area contributed by atoms with Gasteiger partial charge in [0.05, 0.1) is 11.6 Å². The molecule has 1 aromatic rings. The number of amides is 2. The molecule has 6 heteroatoms. The Labute approximate surface area is 142 Å². The summed E-state index contributed by atoms with van der Waals surface area (Å²) in [7, 11) is 0. The third-order valence-electron chi connectivity index (χ3n) is 4.27. The summed E-state index contributed by atoms with van der Waals surface area (Å²) < 4.78 is 5.25. The van der Waals surface area contributed by atoms with Gasteiger partial charge in [0.1, 0.15) is 6.04 Å². The van der Waals surface area contributed by atoms with E-state index in [2.05, 4.69) is 26.1 Å². The van der Waals surface area contributed by atoms with Crippen LogP contribution < -0.4 is 5.32 Å². The van der Waals surface area contributed by atoms with Crippen molar-refractivity contribution in [2.75, 3.05) is 5.75 Å².